The first-order valence-corrected chi connectivity index (χ1v) is 8.20. The first-order chi connectivity index (χ1) is 9.97. The lowest BCUT2D eigenvalue weighted by Crippen LogP contribution is -2.33. The highest BCUT2D eigenvalue weighted by molar-refractivity contribution is 7.12. The highest BCUT2D eigenvalue weighted by Crippen LogP contribution is 2.16. The summed E-state index contributed by atoms with van der Waals surface area (Å²) in [4.78, 5) is 36.4. The molecule has 2 aromatic heterocycles. The minimum Gasteiger partial charge on any atom is -0.348 e. The van der Waals surface area contributed by atoms with Crippen LogP contribution < -0.4 is 5.32 Å². The van der Waals surface area contributed by atoms with Crippen molar-refractivity contribution in [2.75, 3.05) is 0 Å². The maximum atomic E-state index is 12.0. The lowest BCUT2D eigenvalue weighted by Gasteiger charge is -2.11. The molecule has 4 nitrogen and oxygen atoms in total. The maximum absolute atomic E-state index is 12.0. The van der Waals surface area contributed by atoms with Crippen molar-refractivity contribution in [1.82, 2.24) is 5.32 Å². The molecule has 2 heterocycles. The average molecular weight is 321 g/mol. The van der Waals surface area contributed by atoms with Gasteiger partial charge in [-0.05, 0) is 31.4 Å². The number of carbonyl (C=O) groups is 3. The standard InChI is InChI=1S/C15H15NO3S2/c1-9(6-12(18)13-4-3-5-20-13)16-15(19)14-7-11(8-21-14)10(2)17/h3-5,7-9H,6H2,1-2H3,(H,16,19)/t9-/m1/s1. The van der Waals surface area contributed by atoms with E-state index in [1.54, 1.807) is 24.4 Å². The highest BCUT2D eigenvalue weighted by atomic mass is 32.1. The monoisotopic (exact) mass is 321 g/mol. The van der Waals surface area contributed by atoms with Crippen molar-refractivity contribution in [1.29, 1.82) is 0 Å². The largest absolute Gasteiger partial charge is 0.348 e. The summed E-state index contributed by atoms with van der Waals surface area (Å²) in [6.45, 7) is 3.26. The van der Waals surface area contributed by atoms with Gasteiger partial charge in [-0.2, -0.15) is 0 Å². The van der Waals surface area contributed by atoms with Gasteiger partial charge in [0.15, 0.2) is 11.6 Å². The molecule has 0 radical (unpaired) electrons. The lowest BCUT2D eigenvalue weighted by atomic mass is 10.1. The summed E-state index contributed by atoms with van der Waals surface area (Å²) in [5.41, 5.74) is 0.535. The highest BCUT2D eigenvalue weighted by Gasteiger charge is 2.17. The van der Waals surface area contributed by atoms with Crippen LogP contribution in [0.4, 0.5) is 0 Å². The normalized spacial score (nSPS) is 11.9. The number of carbonyl (C=O) groups excluding carboxylic acids is 3. The van der Waals surface area contributed by atoms with Gasteiger partial charge in [0.25, 0.3) is 5.91 Å². The van der Waals surface area contributed by atoms with Crippen LogP contribution in [0.15, 0.2) is 29.0 Å². The van der Waals surface area contributed by atoms with Crippen LogP contribution in [0, 0.1) is 0 Å². The Morgan fingerprint density at radius 1 is 1.24 bits per heavy atom. The number of hydrogen-bond acceptors (Lipinski definition) is 5. The van der Waals surface area contributed by atoms with E-state index < -0.39 is 0 Å². The zero-order valence-electron chi connectivity index (χ0n) is 11.7. The lowest BCUT2D eigenvalue weighted by molar-refractivity contribution is 0.0922. The van der Waals surface area contributed by atoms with Crippen LogP contribution >= 0.6 is 22.7 Å². The minimum absolute atomic E-state index is 0.0217. The zero-order chi connectivity index (χ0) is 15.4. The van der Waals surface area contributed by atoms with Crippen molar-refractivity contribution < 1.29 is 14.4 Å². The van der Waals surface area contributed by atoms with Crippen LogP contribution in [0.25, 0.3) is 0 Å². The molecule has 0 fully saturated rings. The van der Waals surface area contributed by atoms with Crippen molar-refractivity contribution in [3.63, 3.8) is 0 Å². The minimum atomic E-state index is -0.255. The van der Waals surface area contributed by atoms with E-state index in [2.05, 4.69) is 5.32 Å². The Labute approximate surface area is 130 Å². The topological polar surface area (TPSA) is 63.2 Å². The van der Waals surface area contributed by atoms with Crippen molar-refractivity contribution >= 4 is 40.1 Å². The van der Waals surface area contributed by atoms with Gasteiger partial charge in [0.2, 0.25) is 0 Å². The molecular weight excluding hydrogens is 306 g/mol. The molecule has 21 heavy (non-hydrogen) atoms. The second-order valence-electron chi connectivity index (χ2n) is 4.73. The molecule has 0 aliphatic rings. The van der Waals surface area contributed by atoms with Gasteiger partial charge in [-0.3, -0.25) is 14.4 Å². The van der Waals surface area contributed by atoms with Crippen LogP contribution in [0.1, 0.15) is 50.0 Å². The number of hydrogen-bond donors (Lipinski definition) is 1. The Hall–Kier alpha value is -1.79. The molecule has 0 saturated heterocycles. The second-order valence-corrected chi connectivity index (χ2v) is 6.59. The fourth-order valence-corrected chi connectivity index (χ4v) is 3.33. The summed E-state index contributed by atoms with van der Waals surface area (Å²) in [5, 5.41) is 6.30. The van der Waals surface area contributed by atoms with Crippen molar-refractivity contribution in [3.05, 3.63) is 44.3 Å². The van der Waals surface area contributed by atoms with E-state index in [-0.39, 0.29) is 29.9 Å². The van der Waals surface area contributed by atoms with Gasteiger partial charge < -0.3 is 5.32 Å². The summed E-state index contributed by atoms with van der Waals surface area (Å²) in [7, 11) is 0. The summed E-state index contributed by atoms with van der Waals surface area (Å²) in [6, 6.07) is 4.93. The fraction of sp³-hybridized carbons (Fsp3) is 0.267. The van der Waals surface area contributed by atoms with Crippen LogP contribution in [0.3, 0.4) is 0 Å². The van der Waals surface area contributed by atoms with Gasteiger partial charge in [-0.15, -0.1) is 22.7 Å². The van der Waals surface area contributed by atoms with Crippen molar-refractivity contribution in [3.8, 4) is 0 Å². The molecule has 0 aliphatic carbocycles. The van der Waals surface area contributed by atoms with E-state index in [1.807, 2.05) is 11.4 Å². The number of Topliss-reactive ketones (excluding diaryl/α,β-unsaturated/α-hetero) is 2. The van der Waals surface area contributed by atoms with E-state index in [0.29, 0.717) is 15.3 Å². The third kappa shape index (κ3) is 4.09. The predicted molar refractivity (Wildman–Crippen MR) is 84.5 cm³/mol. The third-order valence-corrected chi connectivity index (χ3v) is 4.73. The Morgan fingerprint density at radius 3 is 2.57 bits per heavy atom. The molecule has 0 saturated carbocycles. The molecule has 2 rings (SSSR count). The number of amides is 1. The van der Waals surface area contributed by atoms with E-state index in [9.17, 15) is 14.4 Å². The van der Waals surface area contributed by atoms with Crippen molar-refractivity contribution in [2.45, 2.75) is 26.3 Å². The predicted octanol–water partition coefficient (Wildman–Crippen LogP) is 3.40. The van der Waals surface area contributed by atoms with Crippen LogP contribution in [0.5, 0.6) is 0 Å². The molecule has 0 aromatic carbocycles. The summed E-state index contributed by atoms with van der Waals surface area (Å²) in [5.74, 6) is -0.293. The average Bonchev–Trinajstić information content (AvgIpc) is 3.10. The van der Waals surface area contributed by atoms with E-state index in [1.165, 1.54) is 29.6 Å². The van der Waals surface area contributed by atoms with Gasteiger partial charge in [-0.25, -0.2) is 0 Å². The molecule has 1 atom stereocenters. The third-order valence-electron chi connectivity index (χ3n) is 2.89. The van der Waals surface area contributed by atoms with E-state index in [0.717, 1.165) is 0 Å². The number of thiophene rings is 2. The Morgan fingerprint density at radius 2 is 2.00 bits per heavy atom. The van der Waals surface area contributed by atoms with Crippen LogP contribution in [0.2, 0.25) is 0 Å². The van der Waals surface area contributed by atoms with E-state index in [4.69, 9.17) is 0 Å². The first-order valence-electron chi connectivity index (χ1n) is 6.44. The molecule has 1 N–H and O–H groups in total. The zero-order valence-corrected chi connectivity index (χ0v) is 13.3. The maximum Gasteiger partial charge on any atom is 0.261 e. The Balaban J connectivity index is 1.92. The Kier molecular flexibility index (Phi) is 5.03. The quantitative estimate of drug-likeness (QED) is 0.829. The molecule has 0 spiro atoms. The number of ketones is 2. The summed E-state index contributed by atoms with van der Waals surface area (Å²) < 4.78 is 0. The van der Waals surface area contributed by atoms with Gasteiger partial charge >= 0.3 is 0 Å². The van der Waals surface area contributed by atoms with Gasteiger partial charge in [0, 0.05) is 23.4 Å². The molecule has 1 amide bonds. The van der Waals surface area contributed by atoms with Crippen molar-refractivity contribution in [2.24, 2.45) is 0 Å². The second kappa shape index (κ2) is 6.78. The van der Waals surface area contributed by atoms with Gasteiger partial charge in [0.1, 0.15) is 0 Å². The van der Waals surface area contributed by atoms with Gasteiger partial charge in [-0.1, -0.05) is 6.07 Å². The Bertz CT molecular complexity index is 658. The first kappa shape index (κ1) is 15.6. The molecule has 2 aromatic rings. The van der Waals surface area contributed by atoms with E-state index >= 15 is 0 Å². The summed E-state index contributed by atoms with van der Waals surface area (Å²) in [6.07, 6.45) is 0.261. The number of rotatable bonds is 6. The molecule has 0 aliphatic heterocycles. The van der Waals surface area contributed by atoms with Crippen LogP contribution in [-0.2, 0) is 0 Å². The molecule has 0 unspecified atom stereocenters. The van der Waals surface area contributed by atoms with Gasteiger partial charge in [0.05, 0.1) is 9.75 Å². The molecular formula is C15H15NO3S2. The molecule has 110 valence electrons. The number of nitrogens with one attached hydrogen (secondary N) is 1. The SMILES string of the molecule is CC(=O)c1csc(C(=O)N[C@H](C)CC(=O)c2cccs2)c1. The fourth-order valence-electron chi connectivity index (χ4n) is 1.80. The van der Waals surface area contributed by atoms with Crippen LogP contribution in [-0.4, -0.2) is 23.5 Å². The summed E-state index contributed by atoms with van der Waals surface area (Å²) >= 11 is 2.63. The molecule has 6 heteroatoms. The molecule has 0 bridgehead atoms. The smallest absolute Gasteiger partial charge is 0.261 e.